The topological polar surface area (TPSA) is 55.6 Å². The van der Waals surface area contributed by atoms with Crippen LogP contribution in [0.2, 0.25) is 5.02 Å². The highest BCUT2D eigenvalue weighted by molar-refractivity contribution is 6.30. The molecule has 0 radical (unpaired) electrons. The summed E-state index contributed by atoms with van der Waals surface area (Å²) in [4.78, 5) is 12.4. The molecular weight excluding hydrogens is 410 g/mol. The van der Waals surface area contributed by atoms with Crippen LogP contribution in [0.3, 0.4) is 0 Å². The number of ether oxygens (including phenoxy) is 1. The molecular formula is C25H22ClN3O2. The zero-order valence-electron chi connectivity index (χ0n) is 17.1. The van der Waals surface area contributed by atoms with Gasteiger partial charge in [0.15, 0.2) is 0 Å². The number of carbonyl (C=O) groups excluding carboxylic acids is 1. The monoisotopic (exact) mass is 431 g/mol. The van der Waals surface area contributed by atoms with Gasteiger partial charge in [0.25, 0.3) is 5.91 Å². The first-order valence-corrected chi connectivity index (χ1v) is 10.4. The number of fused-ring (bicyclic) bond motifs is 1. The van der Waals surface area contributed by atoms with Crippen LogP contribution in [-0.4, -0.2) is 23.3 Å². The second-order valence-electron chi connectivity index (χ2n) is 7.02. The van der Waals surface area contributed by atoms with Crippen LogP contribution in [0, 0.1) is 0 Å². The second-order valence-corrected chi connectivity index (χ2v) is 7.45. The molecule has 0 spiro atoms. The lowest BCUT2D eigenvalue weighted by molar-refractivity contribution is 0.0955. The molecule has 1 N–H and O–H groups in total. The van der Waals surface area contributed by atoms with Gasteiger partial charge in [-0.05, 0) is 55.0 Å². The molecule has 0 fully saturated rings. The van der Waals surface area contributed by atoms with Gasteiger partial charge in [0.05, 0.1) is 12.8 Å². The molecule has 1 heterocycles. The summed E-state index contributed by atoms with van der Waals surface area (Å²) >= 11 is 6.13. The summed E-state index contributed by atoms with van der Waals surface area (Å²) in [5.41, 5.74) is 6.23. The summed E-state index contributed by atoms with van der Waals surface area (Å²) < 4.78 is 7.55. The first-order valence-electron chi connectivity index (χ1n) is 10.0. The number of carbonyl (C=O) groups is 1. The highest BCUT2D eigenvalue weighted by Crippen LogP contribution is 2.22. The van der Waals surface area contributed by atoms with E-state index in [1.165, 1.54) is 0 Å². The van der Waals surface area contributed by atoms with Gasteiger partial charge in [-0.15, -0.1) is 0 Å². The van der Waals surface area contributed by atoms with E-state index >= 15 is 0 Å². The van der Waals surface area contributed by atoms with Crippen LogP contribution >= 0.6 is 11.6 Å². The first-order chi connectivity index (χ1) is 15.1. The van der Waals surface area contributed by atoms with Gasteiger partial charge in [-0.1, -0.05) is 41.9 Å². The number of nitrogens with zero attached hydrogens (tertiary/aromatic N) is 2. The van der Waals surface area contributed by atoms with Crippen molar-refractivity contribution in [2.24, 2.45) is 5.10 Å². The third-order valence-electron chi connectivity index (χ3n) is 4.86. The maximum atomic E-state index is 12.4. The normalized spacial score (nSPS) is 11.2. The molecule has 0 unspecified atom stereocenters. The van der Waals surface area contributed by atoms with E-state index in [4.69, 9.17) is 16.3 Å². The number of hydrogen-bond donors (Lipinski definition) is 1. The largest absolute Gasteiger partial charge is 0.494 e. The molecule has 0 bridgehead atoms. The average molecular weight is 432 g/mol. The third-order valence-corrected chi connectivity index (χ3v) is 5.09. The van der Waals surface area contributed by atoms with Crippen molar-refractivity contribution in [2.45, 2.75) is 13.5 Å². The number of hydrazone groups is 1. The number of amides is 1. The van der Waals surface area contributed by atoms with E-state index < -0.39 is 0 Å². The fraction of sp³-hybridized carbons (Fsp3) is 0.120. The molecule has 0 aliphatic heterocycles. The lowest BCUT2D eigenvalue weighted by Crippen LogP contribution is -2.17. The van der Waals surface area contributed by atoms with Crippen molar-refractivity contribution < 1.29 is 9.53 Å². The Hall–Kier alpha value is -3.57. The minimum Gasteiger partial charge on any atom is -0.494 e. The Morgan fingerprint density at radius 2 is 1.90 bits per heavy atom. The van der Waals surface area contributed by atoms with Gasteiger partial charge in [-0.3, -0.25) is 4.79 Å². The van der Waals surface area contributed by atoms with Crippen LogP contribution in [0.5, 0.6) is 5.75 Å². The lowest BCUT2D eigenvalue weighted by atomic mass is 10.2. The molecule has 6 heteroatoms. The molecule has 0 atom stereocenters. The number of para-hydroxylation sites is 1. The van der Waals surface area contributed by atoms with Crippen LogP contribution in [0.4, 0.5) is 0 Å². The molecule has 5 nitrogen and oxygen atoms in total. The average Bonchev–Trinajstić information content (AvgIpc) is 3.12. The molecule has 3 aromatic carbocycles. The smallest absolute Gasteiger partial charge is 0.271 e. The Labute approximate surface area is 185 Å². The van der Waals surface area contributed by atoms with E-state index in [-0.39, 0.29) is 5.91 Å². The van der Waals surface area contributed by atoms with Crippen LogP contribution in [0.15, 0.2) is 84.1 Å². The highest BCUT2D eigenvalue weighted by Gasteiger charge is 2.08. The Bertz CT molecular complexity index is 1230. The summed E-state index contributed by atoms with van der Waals surface area (Å²) in [7, 11) is 0. The molecule has 0 saturated carbocycles. The zero-order valence-corrected chi connectivity index (χ0v) is 17.8. The van der Waals surface area contributed by atoms with Crippen LogP contribution in [0.1, 0.15) is 28.4 Å². The van der Waals surface area contributed by atoms with Crippen molar-refractivity contribution in [1.29, 1.82) is 0 Å². The molecule has 0 saturated heterocycles. The zero-order chi connectivity index (χ0) is 21.6. The van der Waals surface area contributed by atoms with Crippen molar-refractivity contribution in [1.82, 2.24) is 9.99 Å². The van der Waals surface area contributed by atoms with Crippen molar-refractivity contribution >= 4 is 34.6 Å². The summed E-state index contributed by atoms with van der Waals surface area (Å²) in [5, 5.41) is 5.95. The second kappa shape index (κ2) is 9.49. The molecule has 31 heavy (non-hydrogen) atoms. The Morgan fingerprint density at radius 3 is 2.68 bits per heavy atom. The fourth-order valence-electron chi connectivity index (χ4n) is 3.44. The van der Waals surface area contributed by atoms with E-state index in [1.54, 1.807) is 30.5 Å². The van der Waals surface area contributed by atoms with Gasteiger partial charge in [-0.25, -0.2) is 5.43 Å². The van der Waals surface area contributed by atoms with Crippen molar-refractivity contribution in [3.63, 3.8) is 0 Å². The third kappa shape index (κ3) is 4.95. The SMILES string of the molecule is CCOc1ccc(C(=O)N/N=C/c2cn(Cc3cccc(Cl)c3)c3ccccc23)cc1. The van der Waals surface area contributed by atoms with E-state index in [1.807, 2.05) is 55.6 Å². The van der Waals surface area contributed by atoms with Crippen LogP contribution in [0.25, 0.3) is 10.9 Å². The molecule has 4 aromatic rings. The predicted molar refractivity (Wildman–Crippen MR) is 125 cm³/mol. The number of nitrogens with one attached hydrogen (secondary N) is 1. The molecule has 0 aliphatic rings. The van der Waals surface area contributed by atoms with Crippen molar-refractivity contribution in [3.8, 4) is 5.75 Å². The number of aromatic nitrogens is 1. The highest BCUT2D eigenvalue weighted by atomic mass is 35.5. The van der Waals surface area contributed by atoms with Gasteiger partial charge >= 0.3 is 0 Å². The molecule has 0 aliphatic carbocycles. The molecule has 4 rings (SSSR count). The lowest BCUT2D eigenvalue weighted by Gasteiger charge is -2.05. The van der Waals surface area contributed by atoms with Crippen LogP contribution < -0.4 is 10.2 Å². The summed E-state index contributed by atoms with van der Waals surface area (Å²) in [6.07, 6.45) is 3.70. The Kier molecular flexibility index (Phi) is 6.34. The number of benzene rings is 3. The summed E-state index contributed by atoms with van der Waals surface area (Å²) in [5.74, 6) is 0.456. The quantitative estimate of drug-likeness (QED) is 0.310. The standard InChI is InChI=1S/C25H22ClN3O2/c1-2-31-22-12-10-19(11-13-22)25(30)28-27-15-20-17-29(24-9-4-3-8-23(20)24)16-18-6-5-7-21(26)14-18/h3-15,17H,2,16H2,1H3,(H,28,30)/b27-15+. The van der Waals surface area contributed by atoms with Gasteiger partial charge in [0.2, 0.25) is 0 Å². The maximum Gasteiger partial charge on any atom is 0.271 e. The Balaban J connectivity index is 1.51. The number of hydrogen-bond acceptors (Lipinski definition) is 3. The van der Waals surface area contributed by atoms with Gasteiger partial charge in [0.1, 0.15) is 5.75 Å². The minimum atomic E-state index is -0.276. The Morgan fingerprint density at radius 1 is 1.10 bits per heavy atom. The molecule has 1 aromatic heterocycles. The minimum absolute atomic E-state index is 0.276. The first kappa shape index (κ1) is 20.7. The number of halogens is 1. The number of rotatable bonds is 7. The van der Waals surface area contributed by atoms with Crippen LogP contribution in [-0.2, 0) is 6.54 Å². The van der Waals surface area contributed by atoms with Gasteiger partial charge in [-0.2, -0.15) is 5.10 Å². The van der Waals surface area contributed by atoms with E-state index in [0.29, 0.717) is 23.7 Å². The van der Waals surface area contributed by atoms with E-state index in [9.17, 15) is 4.79 Å². The van der Waals surface area contributed by atoms with Gasteiger partial charge in [0, 0.05) is 39.8 Å². The maximum absolute atomic E-state index is 12.4. The molecule has 1 amide bonds. The summed E-state index contributed by atoms with van der Waals surface area (Å²) in [6, 6.07) is 22.9. The van der Waals surface area contributed by atoms with Crippen molar-refractivity contribution in [2.75, 3.05) is 6.61 Å². The van der Waals surface area contributed by atoms with E-state index in [0.717, 1.165) is 27.8 Å². The van der Waals surface area contributed by atoms with E-state index in [2.05, 4.69) is 21.2 Å². The van der Waals surface area contributed by atoms with Crippen molar-refractivity contribution in [3.05, 3.63) is 101 Å². The fourth-order valence-corrected chi connectivity index (χ4v) is 3.65. The summed E-state index contributed by atoms with van der Waals surface area (Å²) in [6.45, 7) is 3.19. The predicted octanol–water partition coefficient (Wildman–Crippen LogP) is 5.51. The molecule has 156 valence electrons. The van der Waals surface area contributed by atoms with Gasteiger partial charge < -0.3 is 9.30 Å².